The number of nitrogen functional groups attached to an aromatic ring is 1. The topological polar surface area (TPSA) is 52.3 Å². The molecule has 0 aliphatic rings. The van der Waals surface area contributed by atoms with Crippen molar-refractivity contribution in [1.29, 1.82) is 0 Å². The van der Waals surface area contributed by atoms with Crippen molar-refractivity contribution >= 4 is 11.7 Å². The van der Waals surface area contributed by atoms with Gasteiger partial charge in [-0.1, -0.05) is 31.9 Å². The predicted octanol–water partition coefficient (Wildman–Crippen LogP) is 3.11. The number of rotatable bonds is 6. The molecule has 3 nitrogen and oxygen atoms in total. The van der Waals surface area contributed by atoms with Gasteiger partial charge in [0.15, 0.2) is 0 Å². The van der Waals surface area contributed by atoms with Crippen LogP contribution >= 0.6 is 0 Å². The lowest BCUT2D eigenvalue weighted by Crippen LogP contribution is -2.16. The van der Waals surface area contributed by atoms with Crippen LogP contribution in [0.5, 0.6) is 0 Å². The van der Waals surface area contributed by atoms with Crippen molar-refractivity contribution in [3.8, 4) is 0 Å². The number of nitrogens with two attached hydrogens (primary N) is 1. The largest absolute Gasteiger partial charge is 0.466 e. The van der Waals surface area contributed by atoms with Gasteiger partial charge in [0, 0.05) is 5.69 Å². The van der Waals surface area contributed by atoms with Gasteiger partial charge < -0.3 is 10.5 Å². The Bertz CT molecular complexity index is 346. The molecular weight excluding hydrogens is 214 g/mol. The Labute approximate surface area is 103 Å². The van der Waals surface area contributed by atoms with E-state index in [1.54, 1.807) is 0 Å². The third-order valence-corrected chi connectivity index (χ3v) is 2.76. The summed E-state index contributed by atoms with van der Waals surface area (Å²) in [5, 5.41) is 0. The molecule has 0 heterocycles. The Kier molecular flexibility index (Phi) is 5.53. The van der Waals surface area contributed by atoms with Crippen LogP contribution in [0.15, 0.2) is 24.3 Å². The fourth-order valence-electron chi connectivity index (χ4n) is 1.80. The normalized spacial score (nSPS) is 12.1. The SMILES string of the molecule is CCCCC(C(=O)OCC)c1ccc(N)cc1. The molecule has 0 saturated carbocycles. The first kappa shape index (κ1) is 13.6. The highest BCUT2D eigenvalue weighted by atomic mass is 16.5. The van der Waals surface area contributed by atoms with E-state index in [1.807, 2.05) is 31.2 Å². The standard InChI is InChI=1S/C14H21NO2/c1-3-5-6-13(14(16)17-4-2)11-7-9-12(15)10-8-11/h7-10,13H,3-6,15H2,1-2H3. The molecule has 0 spiro atoms. The molecule has 0 bridgehead atoms. The van der Waals surface area contributed by atoms with Gasteiger partial charge >= 0.3 is 5.97 Å². The van der Waals surface area contributed by atoms with Gasteiger partial charge in [-0.05, 0) is 31.0 Å². The number of carbonyl (C=O) groups is 1. The second-order valence-corrected chi connectivity index (χ2v) is 4.11. The molecule has 0 aromatic heterocycles. The maximum Gasteiger partial charge on any atom is 0.313 e. The number of ether oxygens (including phenoxy) is 1. The highest BCUT2D eigenvalue weighted by molar-refractivity contribution is 5.78. The predicted molar refractivity (Wildman–Crippen MR) is 69.8 cm³/mol. The minimum Gasteiger partial charge on any atom is -0.466 e. The van der Waals surface area contributed by atoms with Gasteiger partial charge in [0.2, 0.25) is 0 Å². The van der Waals surface area contributed by atoms with E-state index in [0.29, 0.717) is 12.3 Å². The number of hydrogen-bond acceptors (Lipinski definition) is 3. The fraction of sp³-hybridized carbons (Fsp3) is 0.500. The zero-order valence-electron chi connectivity index (χ0n) is 10.6. The van der Waals surface area contributed by atoms with Crippen LogP contribution in [0.1, 0.15) is 44.6 Å². The molecule has 0 aliphatic carbocycles. The third kappa shape index (κ3) is 4.10. The first-order chi connectivity index (χ1) is 8.19. The molecule has 17 heavy (non-hydrogen) atoms. The highest BCUT2D eigenvalue weighted by Crippen LogP contribution is 2.24. The summed E-state index contributed by atoms with van der Waals surface area (Å²) in [4.78, 5) is 11.9. The third-order valence-electron chi connectivity index (χ3n) is 2.76. The van der Waals surface area contributed by atoms with E-state index in [9.17, 15) is 4.79 Å². The fourth-order valence-corrected chi connectivity index (χ4v) is 1.80. The van der Waals surface area contributed by atoms with Crippen LogP contribution in [-0.2, 0) is 9.53 Å². The van der Waals surface area contributed by atoms with Crippen molar-refractivity contribution < 1.29 is 9.53 Å². The summed E-state index contributed by atoms with van der Waals surface area (Å²) in [7, 11) is 0. The average Bonchev–Trinajstić information content (AvgIpc) is 2.32. The van der Waals surface area contributed by atoms with Gasteiger partial charge in [0.1, 0.15) is 0 Å². The first-order valence-corrected chi connectivity index (χ1v) is 6.21. The Hall–Kier alpha value is -1.51. The smallest absolute Gasteiger partial charge is 0.313 e. The van der Waals surface area contributed by atoms with Gasteiger partial charge in [-0.3, -0.25) is 4.79 Å². The van der Waals surface area contributed by atoms with Crippen LogP contribution < -0.4 is 5.73 Å². The molecule has 0 aliphatic heterocycles. The molecule has 3 heteroatoms. The molecule has 94 valence electrons. The van der Waals surface area contributed by atoms with Crippen molar-refractivity contribution in [2.75, 3.05) is 12.3 Å². The van der Waals surface area contributed by atoms with E-state index in [2.05, 4.69) is 6.92 Å². The van der Waals surface area contributed by atoms with E-state index < -0.39 is 0 Å². The molecule has 1 aromatic carbocycles. The summed E-state index contributed by atoms with van der Waals surface area (Å²) in [5.41, 5.74) is 7.35. The maximum absolute atomic E-state index is 11.9. The van der Waals surface area contributed by atoms with E-state index in [4.69, 9.17) is 10.5 Å². The monoisotopic (exact) mass is 235 g/mol. The second kappa shape index (κ2) is 6.94. The van der Waals surface area contributed by atoms with Crippen LogP contribution in [0.25, 0.3) is 0 Å². The summed E-state index contributed by atoms with van der Waals surface area (Å²) in [5.74, 6) is -0.291. The van der Waals surface area contributed by atoms with Crippen LogP contribution in [0.2, 0.25) is 0 Å². The van der Waals surface area contributed by atoms with Crippen molar-refractivity contribution in [1.82, 2.24) is 0 Å². The van der Waals surface area contributed by atoms with Gasteiger partial charge in [0.25, 0.3) is 0 Å². The lowest BCUT2D eigenvalue weighted by atomic mass is 9.93. The number of anilines is 1. The highest BCUT2D eigenvalue weighted by Gasteiger charge is 2.20. The molecular formula is C14H21NO2. The van der Waals surface area contributed by atoms with Gasteiger partial charge in [-0.2, -0.15) is 0 Å². The van der Waals surface area contributed by atoms with Crippen LogP contribution in [0.4, 0.5) is 5.69 Å². The molecule has 0 saturated heterocycles. The molecule has 0 amide bonds. The van der Waals surface area contributed by atoms with Crippen LogP contribution in [-0.4, -0.2) is 12.6 Å². The molecule has 0 radical (unpaired) electrons. The first-order valence-electron chi connectivity index (χ1n) is 6.21. The zero-order valence-corrected chi connectivity index (χ0v) is 10.6. The summed E-state index contributed by atoms with van der Waals surface area (Å²) >= 11 is 0. The lowest BCUT2D eigenvalue weighted by molar-refractivity contribution is -0.145. The van der Waals surface area contributed by atoms with Crippen molar-refractivity contribution in [3.63, 3.8) is 0 Å². The van der Waals surface area contributed by atoms with Crippen LogP contribution in [0.3, 0.4) is 0 Å². The molecule has 1 unspecified atom stereocenters. The Morgan fingerprint density at radius 2 is 1.94 bits per heavy atom. The van der Waals surface area contributed by atoms with Crippen molar-refractivity contribution in [2.45, 2.75) is 39.0 Å². The lowest BCUT2D eigenvalue weighted by Gasteiger charge is -2.15. The maximum atomic E-state index is 11.9. The number of esters is 1. The van der Waals surface area contributed by atoms with E-state index in [-0.39, 0.29) is 11.9 Å². The number of unbranched alkanes of at least 4 members (excludes halogenated alkanes) is 1. The van der Waals surface area contributed by atoms with Gasteiger partial charge in [-0.15, -0.1) is 0 Å². The zero-order chi connectivity index (χ0) is 12.7. The van der Waals surface area contributed by atoms with E-state index in [0.717, 1.165) is 24.8 Å². The van der Waals surface area contributed by atoms with Crippen LogP contribution in [0, 0.1) is 0 Å². The molecule has 1 rings (SSSR count). The average molecular weight is 235 g/mol. The van der Waals surface area contributed by atoms with Gasteiger partial charge in [-0.25, -0.2) is 0 Å². The van der Waals surface area contributed by atoms with Gasteiger partial charge in [0.05, 0.1) is 12.5 Å². The summed E-state index contributed by atoms with van der Waals surface area (Å²) in [6.07, 6.45) is 2.93. The summed E-state index contributed by atoms with van der Waals surface area (Å²) in [6, 6.07) is 7.47. The number of benzene rings is 1. The molecule has 1 atom stereocenters. The van der Waals surface area contributed by atoms with E-state index in [1.165, 1.54) is 0 Å². The second-order valence-electron chi connectivity index (χ2n) is 4.11. The molecule has 0 fully saturated rings. The minimum atomic E-state index is -0.157. The molecule has 2 N–H and O–H groups in total. The Morgan fingerprint density at radius 3 is 2.47 bits per heavy atom. The van der Waals surface area contributed by atoms with E-state index >= 15 is 0 Å². The summed E-state index contributed by atoms with van der Waals surface area (Å²) < 4.78 is 5.12. The number of hydrogen-bond donors (Lipinski definition) is 1. The summed E-state index contributed by atoms with van der Waals surface area (Å²) in [6.45, 7) is 4.37. The quantitative estimate of drug-likeness (QED) is 0.609. The number of carbonyl (C=O) groups excluding carboxylic acids is 1. The Morgan fingerprint density at radius 1 is 1.29 bits per heavy atom. The molecule has 1 aromatic rings. The van der Waals surface area contributed by atoms with Crippen molar-refractivity contribution in [2.24, 2.45) is 0 Å². The minimum absolute atomic E-state index is 0.134. The van der Waals surface area contributed by atoms with Crippen molar-refractivity contribution in [3.05, 3.63) is 29.8 Å². The Balaban J connectivity index is 2.81.